The average Bonchev–Trinajstić information content (AvgIpc) is 3.32. The van der Waals surface area contributed by atoms with E-state index in [4.69, 9.17) is 0 Å². The minimum absolute atomic E-state index is 0. The second-order valence-electron chi connectivity index (χ2n) is 6.75. The third-order valence-corrected chi connectivity index (χ3v) is 4.65. The molecular weight excluding hydrogens is 430 g/mol. The fraction of sp³-hybridized carbons (Fsp3) is 0.190. The first-order valence-corrected chi connectivity index (χ1v) is 9.55. The molecule has 0 radical (unpaired) electrons. The van der Waals surface area contributed by atoms with E-state index in [0.29, 0.717) is 24.5 Å². The molecule has 2 heterocycles. The van der Waals surface area contributed by atoms with E-state index in [1.165, 1.54) is 6.07 Å². The SMILES string of the molecule is CCc1cc(NCc2ccc(-c3ccccc3-c3nn[nH]n3)cc2)nc(C(F)(F)F)n1.[Na+]. The van der Waals surface area contributed by atoms with Gasteiger partial charge in [-0.25, -0.2) is 9.97 Å². The first-order chi connectivity index (χ1) is 14.9. The Balaban J connectivity index is 0.00000289. The fourth-order valence-electron chi connectivity index (χ4n) is 3.10. The third-order valence-electron chi connectivity index (χ3n) is 4.65. The minimum Gasteiger partial charge on any atom is -0.366 e. The van der Waals surface area contributed by atoms with Crippen molar-refractivity contribution in [2.45, 2.75) is 26.1 Å². The number of anilines is 1. The monoisotopic (exact) mass is 448 g/mol. The smallest absolute Gasteiger partial charge is 0.366 e. The number of aromatic nitrogens is 6. The Bertz CT molecular complexity index is 1160. The van der Waals surface area contributed by atoms with Gasteiger partial charge in [0.15, 0.2) is 0 Å². The molecule has 0 aliphatic heterocycles. The van der Waals surface area contributed by atoms with Crippen LogP contribution < -0.4 is 34.9 Å². The number of hydrogen-bond acceptors (Lipinski definition) is 6. The second-order valence-corrected chi connectivity index (χ2v) is 6.75. The zero-order chi connectivity index (χ0) is 21.8. The molecule has 0 fully saturated rings. The number of tetrazole rings is 1. The number of nitrogens with zero attached hydrogens (tertiary/aromatic N) is 5. The summed E-state index contributed by atoms with van der Waals surface area (Å²) in [4.78, 5) is 7.16. The van der Waals surface area contributed by atoms with Crippen LogP contribution in [0.3, 0.4) is 0 Å². The molecule has 2 N–H and O–H groups in total. The Kier molecular flexibility index (Phi) is 7.60. The molecule has 0 aliphatic carbocycles. The van der Waals surface area contributed by atoms with E-state index in [1.807, 2.05) is 48.5 Å². The molecular formula is C21H18F3N7Na+. The summed E-state index contributed by atoms with van der Waals surface area (Å²) < 4.78 is 39.1. The number of rotatable bonds is 6. The molecule has 0 spiro atoms. The normalized spacial score (nSPS) is 11.1. The van der Waals surface area contributed by atoms with Crippen LogP contribution in [0, 0.1) is 0 Å². The number of H-pyrrole nitrogens is 1. The molecule has 0 saturated carbocycles. The van der Waals surface area contributed by atoms with Gasteiger partial charge in [-0.1, -0.05) is 55.5 Å². The van der Waals surface area contributed by atoms with Gasteiger partial charge in [0.25, 0.3) is 0 Å². The number of benzene rings is 2. The molecule has 0 amide bonds. The molecule has 2 aromatic carbocycles. The van der Waals surface area contributed by atoms with Gasteiger partial charge in [-0.2, -0.15) is 18.4 Å². The van der Waals surface area contributed by atoms with Crippen molar-refractivity contribution in [2.75, 3.05) is 5.32 Å². The maximum absolute atomic E-state index is 13.0. The topological polar surface area (TPSA) is 92.3 Å². The molecule has 0 aliphatic rings. The van der Waals surface area contributed by atoms with Gasteiger partial charge in [0, 0.05) is 23.9 Å². The van der Waals surface area contributed by atoms with Crippen LogP contribution >= 0.6 is 0 Å². The molecule has 0 unspecified atom stereocenters. The standard InChI is InChI=1S/C21H18F3N7.Na/c1-2-15-11-18(27-20(26-15)21(22,23)24)25-12-13-7-9-14(10-8-13)16-5-3-4-6-17(16)19-28-30-31-29-19;/h3-11H,2,12H2,1H3,(H,25,26,27)(H,28,29,30,31);/q;+1. The summed E-state index contributed by atoms with van der Waals surface area (Å²) in [6.07, 6.45) is -4.20. The summed E-state index contributed by atoms with van der Waals surface area (Å²) in [5.74, 6) is -0.495. The summed E-state index contributed by atoms with van der Waals surface area (Å²) >= 11 is 0. The van der Waals surface area contributed by atoms with Crippen molar-refractivity contribution in [3.8, 4) is 22.5 Å². The van der Waals surface area contributed by atoms with Gasteiger partial charge < -0.3 is 5.32 Å². The summed E-state index contributed by atoms with van der Waals surface area (Å²) in [6.45, 7) is 2.07. The van der Waals surface area contributed by atoms with Crippen molar-refractivity contribution >= 4 is 5.82 Å². The van der Waals surface area contributed by atoms with Crippen LogP contribution in [-0.4, -0.2) is 30.6 Å². The Morgan fingerprint density at radius 3 is 2.31 bits per heavy atom. The predicted octanol–water partition coefficient (Wildman–Crippen LogP) is 1.52. The largest absolute Gasteiger partial charge is 1.00 e. The molecule has 11 heteroatoms. The molecule has 158 valence electrons. The van der Waals surface area contributed by atoms with E-state index in [-0.39, 0.29) is 35.4 Å². The third kappa shape index (κ3) is 5.50. The minimum atomic E-state index is -4.59. The van der Waals surface area contributed by atoms with Crippen LogP contribution in [-0.2, 0) is 19.1 Å². The van der Waals surface area contributed by atoms with Crippen molar-refractivity contribution in [1.82, 2.24) is 30.6 Å². The molecule has 0 bridgehead atoms. The zero-order valence-electron chi connectivity index (χ0n) is 17.5. The van der Waals surface area contributed by atoms with Gasteiger partial charge in [0.2, 0.25) is 11.6 Å². The van der Waals surface area contributed by atoms with E-state index < -0.39 is 12.0 Å². The van der Waals surface area contributed by atoms with E-state index >= 15 is 0 Å². The Hall–Kier alpha value is -2.82. The molecule has 0 saturated heterocycles. The summed E-state index contributed by atoms with van der Waals surface area (Å²) in [5.41, 5.74) is 3.97. The van der Waals surface area contributed by atoms with E-state index in [0.717, 1.165) is 22.3 Å². The van der Waals surface area contributed by atoms with Gasteiger partial charge in [0.05, 0.1) is 0 Å². The van der Waals surface area contributed by atoms with Crippen molar-refractivity contribution in [3.05, 3.63) is 71.7 Å². The molecule has 2 aromatic heterocycles. The number of alkyl halides is 3. The molecule has 4 rings (SSSR count). The van der Waals surface area contributed by atoms with Crippen LogP contribution in [0.1, 0.15) is 24.0 Å². The van der Waals surface area contributed by atoms with Crippen LogP contribution in [0.2, 0.25) is 0 Å². The van der Waals surface area contributed by atoms with Gasteiger partial charge in [-0.3, -0.25) is 0 Å². The van der Waals surface area contributed by atoms with Crippen LogP contribution in [0.15, 0.2) is 54.6 Å². The number of aromatic amines is 1. The predicted molar refractivity (Wildman–Crippen MR) is 109 cm³/mol. The van der Waals surface area contributed by atoms with Crippen molar-refractivity contribution in [3.63, 3.8) is 0 Å². The second kappa shape index (κ2) is 10.2. The van der Waals surface area contributed by atoms with Gasteiger partial charge in [-0.15, -0.1) is 10.2 Å². The van der Waals surface area contributed by atoms with Gasteiger partial charge in [-0.05, 0) is 28.3 Å². The quantitative estimate of drug-likeness (QED) is 0.435. The number of halogens is 3. The van der Waals surface area contributed by atoms with Gasteiger partial charge in [0.1, 0.15) is 5.82 Å². The molecule has 0 atom stereocenters. The van der Waals surface area contributed by atoms with E-state index in [2.05, 4.69) is 35.9 Å². The Morgan fingerprint density at radius 1 is 0.969 bits per heavy atom. The van der Waals surface area contributed by atoms with Crippen molar-refractivity contribution in [2.24, 2.45) is 0 Å². The number of nitrogens with one attached hydrogen (secondary N) is 2. The zero-order valence-corrected chi connectivity index (χ0v) is 19.5. The first kappa shape index (κ1) is 23.8. The maximum atomic E-state index is 13.0. The summed E-state index contributed by atoms with van der Waals surface area (Å²) in [7, 11) is 0. The Morgan fingerprint density at radius 2 is 1.69 bits per heavy atom. The van der Waals surface area contributed by atoms with Crippen LogP contribution in [0.4, 0.5) is 19.0 Å². The van der Waals surface area contributed by atoms with Crippen LogP contribution in [0.25, 0.3) is 22.5 Å². The van der Waals surface area contributed by atoms with Crippen molar-refractivity contribution in [1.29, 1.82) is 0 Å². The number of hydrogen-bond donors (Lipinski definition) is 2. The maximum Gasteiger partial charge on any atom is 1.00 e. The average molecular weight is 448 g/mol. The van der Waals surface area contributed by atoms with Crippen LogP contribution in [0.5, 0.6) is 0 Å². The van der Waals surface area contributed by atoms with E-state index in [1.54, 1.807) is 6.92 Å². The Labute approximate surface area is 204 Å². The van der Waals surface area contributed by atoms with Gasteiger partial charge >= 0.3 is 35.7 Å². The molecule has 4 aromatic rings. The van der Waals surface area contributed by atoms with E-state index in [9.17, 15) is 13.2 Å². The summed E-state index contributed by atoms with van der Waals surface area (Å²) in [5, 5.41) is 17.1. The first-order valence-electron chi connectivity index (χ1n) is 9.55. The number of aryl methyl sites for hydroxylation is 1. The van der Waals surface area contributed by atoms with Crippen molar-refractivity contribution < 1.29 is 42.7 Å². The fourth-order valence-corrected chi connectivity index (χ4v) is 3.10. The molecule has 7 nitrogen and oxygen atoms in total. The summed E-state index contributed by atoms with van der Waals surface area (Å²) in [6, 6.07) is 16.9. The molecule has 32 heavy (non-hydrogen) atoms.